The van der Waals surface area contributed by atoms with Crippen molar-refractivity contribution < 1.29 is 14.4 Å². The summed E-state index contributed by atoms with van der Waals surface area (Å²) in [7, 11) is 0. The maximum atomic E-state index is 12.6. The minimum atomic E-state index is -0.643. The maximum Gasteiger partial charge on any atom is 0.290 e. The van der Waals surface area contributed by atoms with E-state index in [1.807, 2.05) is 19.1 Å². The van der Waals surface area contributed by atoms with Gasteiger partial charge in [0.1, 0.15) is 0 Å². The number of amides is 3. The Labute approximate surface area is 178 Å². The Balaban J connectivity index is 1.58. The summed E-state index contributed by atoms with van der Waals surface area (Å²) in [6.07, 6.45) is -0.0272. The largest absolute Gasteiger partial charge is 0.352 e. The molecule has 0 saturated heterocycles. The molecule has 3 rings (SSSR count). The lowest BCUT2D eigenvalue weighted by molar-refractivity contribution is -0.121. The third-order valence-electron chi connectivity index (χ3n) is 4.73. The van der Waals surface area contributed by atoms with E-state index < -0.39 is 11.8 Å². The van der Waals surface area contributed by atoms with Crippen LogP contribution in [0.25, 0.3) is 10.8 Å². The number of hydrogen-bond donors (Lipinski definition) is 3. The Kier molecular flexibility index (Phi) is 6.76. The maximum absolute atomic E-state index is 12.6. The highest BCUT2D eigenvalue weighted by molar-refractivity contribution is 6.05. The first-order valence-electron chi connectivity index (χ1n) is 9.85. The number of benzene rings is 2. The van der Waals surface area contributed by atoms with E-state index in [2.05, 4.69) is 21.3 Å². The van der Waals surface area contributed by atoms with E-state index in [9.17, 15) is 19.2 Å². The van der Waals surface area contributed by atoms with Crippen LogP contribution in [-0.4, -0.2) is 34.0 Å². The topological polar surface area (TPSA) is 122 Å². The average molecular weight is 421 g/mol. The number of carbonyl (C=O) groups is 3. The second-order valence-corrected chi connectivity index (χ2v) is 6.84. The molecule has 0 spiro atoms. The fraction of sp³-hybridized carbons (Fsp3) is 0.227. The minimum Gasteiger partial charge on any atom is -0.352 e. The van der Waals surface area contributed by atoms with Gasteiger partial charge in [0.25, 0.3) is 17.4 Å². The predicted molar refractivity (Wildman–Crippen MR) is 115 cm³/mol. The fourth-order valence-corrected chi connectivity index (χ4v) is 3.08. The molecule has 0 unspecified atom stereocenters. The van der Waals surface area contributed by atoms with E-state index in [0.717, 1.165) is 5.56 Å². The van der Waals surface area contributed by atoms with E-state index in [0.29, 0.717) is 22.9 Å². The van der Waals surface area contributed by atoms with Crippen molar-refractivity contribution in [3.8, 4) is 0 Å². The number of fused-ring (bicyclic) bond motifs is 1. The summed E-state index contributed by atoms with van der Waals surface area (Å²) in [6.45, 7) is 3.99. The van der Waals surface area contributed by atoms with Crippen molar-refractivity contribution in [2.75, 3.05) is 6.54 Å². The third kappa shape index (κ3) is 4.95. The molecule has 3 amide bonds. The smallest absolute Gasteiger partial charge is 0.290 e. The van der Waals surface area contributed by atoms with Gasteiger partial charge in [-0.2, -0.15) is 5.10 Å². The Bertz CT molecular complexity index is 1200. The Morgan fingerprint density at radius 2 is 1.61 bits per heavy atom. The molecule has 9 nitrogen and oxygen atoms in total. The number of nitrogens with one attached hydrogen (secondary N) is 3. The summed E-state index contributed by atoms with van der Waals surface area (Å²) in [6, 6.07) is 13.8. The number of carbonyl (C=O) groups excluding carboxylic acids is 3. The van der Waals surface area contributed by atoms with Gasteiger partial charge in [-0.15, -0.1) is 0 Å². The lowest BCUT2D eigenvalue weighted by Gasteiger charge is -2.11. The summed E-state index contributed by atoms with van der Waals surface area (Å²) >= 11 is 0. The first-order chi connectivity index (χ1) is 14.9. The van der Waals surface area contributed by atoms with Crippen molar-refractivity contribution >= 4 is 28.5 Å². The lowest BCUT2D eigenvalue weighted by atomic mass is 10.1. The second-order valence-electron chi connectivity index (χ2n) is 6.84. The molecule has 0 atom stereocenters. The Hall–Kier alpha value is -4.01. The molecular weight excluding hydrogens is 398 g/mol. The molecule has 1 heterocycles. The van der Waals surface area contributed by atoms with Crippen molar-refractivity contribution in [3.05, 3.63) is 75.7 Å². The number of nitrogens with zero attached hydrogens (tertiary/aromatic N) is 2. The molecule has 0 aliphatic heterocycles. The predicted octanol–water partition coefficient (Wildman–Crippen LogP) is 1.31. The van der Waals surface area contributed by atoms with Crippen molar-refractivity contribution in [2.24, 2.45) is 0 Å². The van der Waals surface area contributed by atoms with Crippen LogP contribution in [0.4, 0.5) is 0 Å². The van der Waals surface area contributed by atoms with Crippen LogP contribution in [0.15, 0.2) is 53.3 Å². The molecule has 0 saturated carbocycles. The zero-order chi connectivity index (χ0) is 22.4. The van der Waals surface area contributed by atoms with Crippen molar-refractivity contribution in [3.63, 3.8) is 0 Å². The molecule has 1 aromatic heterocycles. The Morgan fingerprint density at radius 1 is 0.935 bits per heavy atom. The SMILES string of the molecule is CCn1nc(C(=O)NNC(=O)CCNC(=O)c2ccccc2C)c2ccccc2c1=O. The van der Waals surface area contributed by atoms with Crippen LogP contribution in [0.5, 0.6) is 0 Å². The average Bonchev–Trinajstić information content (AvgIpc) is 2.78. The van der Waals surface area contributed by atoms with Crippen LogP contribution in [0.2, 0.25) is 0 Å². The highest BCUT2D eigenvalue weighted by Gasteiger charge is 2.17. The van der Waals surface area contributed by atoms with Gasteiger partial charge in [-0.1, -0.05) is 36.4 Å². The van der Waals surface area contributed by atoms with Gasteiger partial charge in [0.2, 0.25) is 5.91 Å². The standard InChI is InChI=1S/C22H23N5O4/c1-3-27-22(31)17-11-7-6-10-16(17)19(26-27)21(30)25-24-18(28)12-13-23-20(29)15-9-5-4-8-14(15)2/h4-11H,3,12-13H2,1-2H3,(H,23,29)(H,24,28)(H,25,30). The van der Waals surface area contributed by atoms with Crippen molar-refractivity contribution in [2.45, 2.75) is 26.8 Å². The number of hydrogen-bond acceptors (Lipinski definition) is 5. The first kappa shape index (κ1) is 21.7. The Morgan fingerprint density at radius 3 is 2.32 bits per heavy atom. The quantitative estimate of drug-likeness (QED) is 0.518. The summed E-state index contributed by atoms with van der Waals surface area (Å²) in [4.78, 5) is 49.1. The highest BCUT2D eigenvalue weighted by Crippen LogP contribution is 2.13. The highest BCUT2D eigenvalue weighted by atomic mass is 16.2. The molecule has 0 aliphatic carbocycles. The van der Waals surface area contributed by atoms with Crippen LogP contribution < -0.4 is 21.7 Å². The second kappa shape index (κ2) is 9.66. The molecule has 0 aliphatic rings. The van der Waals surface area contributed by atoms with E-state index in [1.165, 1.54) is 4.68 Å². The minimum absolute atomic E-state index is 0.0272. The zero-order valence-corrected chi connectivity index (χ0v) is 17.3. The summed E-state index contributed by atoms with van der Waals surface area (Å²) in [5.41, 5.74) is 5.74. The van der Waals surface area contributed by atoms with Gasteiger partial charge < -0.3 is 5.32 Å². The van der Waals surface area contributed by atoms with E-state index in [1.54, 1.807) is 43.3 Å². The van der Waals surface area contributed by atoms with E-state index >= 15 is 0 Å². The van der Waals surface area contributed by atoms with Crippen LogP contribution in [-0.2, 0) is 11.3 Å². The van der Waals surface area contributed by atoms with Gasteiger partial charge in [-0.25, -0.2) is 4.68 Å². The molecule has 0 bridgehead atoms. The summed E-state index contributed by atoms with van der Waals surface area (Å²) in [5.74, 6) is -1.39. The molecule has 2 aromatic carbocycles. The van der Waals surface area contributed by atoms with Crippen molar-refractivity contribution in [1.29, 1.82) is 0 Å². The fourth-order valence-electron chi connectivity index (χ4n) is 3.08. The third-order valence-corrected chi connectivity index (χ3v) is 4.73. The van der Waals surface area contributed by atoms with Gasteiger partial charge >= 0.3 is 0 Å². The van der Waals surface area contributed by atoms with E-state index in [-0.39, 0.29) is 30.1 Å². The molecule has 3 N–H and O–H groups in total. The van der Waals surface area contributed by atoms with Gasteiger partial charge in [0, 0.05) is 30.5 Å². The van der Waals surface area contributed by atoms with Gasteiger partial charge in [0.05, 0.1) is 5.39 Å². The number of aromatic nitrogens is 2. The van der Waals surface area contributed by atoms with Crippen LogP contribution >= 0.6 is 0 Å². The summed E-state index contributed by atoms with van der Waals surface area (Å²) in [5, 5.41) is 7.55. The molecule has 3 aromatic rings. The lowest BCUT2D eigenvalue weighted by Crippen LogP contribution is -2.43. The molecular formula is C22H23N5O4. The molecule has 160 valence electrons. The normalized spacial score (nSPS) is 10.5. The zero-order valence-electron chi connectivity index (χ0n) is 17.3. The number of rotatable bonds is 6. The number of aryl methyl sites for hydroxylation is 2. The van der Waals surface area contributed by atoms with Gasteiger partial charge in [0.15, 0.2) is 5.69 Å². The van der Waals surface area contributed by atoms with Gasteiger partial charge in [-0.05, 0) is 31.5 Å². The van der Waals surface area contributed by atoms with Crippen LogP contribution in [0.3, 0.4) is 0 Å². The number of hydrazine groups is 1. The monoisotopic (exact) mass is 421 g/mol. The summed E-state index contributed by atoms with van der Waals surface area (Å²) < 4.78 is 1.19. The first-order valence-corrected chi connectivity index (χ1v) is 9.85. The molecule has 0 fully saturated rings. The molecule has 0 radical (unpaired) electrons. The van der Waals surface area contributed by atoms with E-state index in [4.69, 9.17) is 0 Å². The molecule has 31 heavy (non-hydrogen) atoms. The van der Waals surface area contributed by atoms with Crippen LogP contribution in [0.1, 0.15) is 39.8 Å². The van der Waals surface area contributed by atoms with Crippen LogP contribution in [0, 0.1) is 6.92 Å². The molecule has 9 heteroatoms. The van der Waals surface area contributed by atoms with Crippen molar-refractivity contribution in [1.82, 2.24) is 25.9 Å². The van der Waals surface area contributed by atoms with Gasteiger partial charge in [-0.3, -0.25) is 30.0 Å².